The van der Waals surface area contributed by atoms with Crippen molar-refractivity contribution in [2.45, 2.75) is 43.8 Å². The van der Waals surface area contributed by atoms with Crippen molar-refractivity contribution in [3.63, 3.8) is 0 Å². The predicted molar refractivity (Wildman–Crippen MR) is 149 cm³/mol. The molecule has 0 N–H and O–H groups in total. The first-order valence-electron chi connectivity index (χ1n) is 13.2. The first-order valence-corrected chi connectivity index (χ1v) is 14.4. The van der Waals surface area contributed by atoms with Crippen LogP contribution in [0.5, 0.6) is 5.75 Å². The number of anilines is 1. The van der Waals surface area contributed by atoms with Crippen molar-refractivity contribution in [2.75, 3.05) is 44.8 Å². The van der Waals surface area contributed by atoms with Crippen LogP contribution in [0.1, 0.15) is 31.0 Å². The van der Waals surface area contributed by atoms with E-state index in [9.17, 15) is 0 Å². The van der Waals surface area contributed by atoms with E-state index in [4.69, 9.17) is 24.2 Å². The Bertz CT molecular complexity index is 1570. The Labute approximate surface area is 229 Å². The zero-order valence-electron chi connectivity index (χ0n) is 22.2. The van der Waals surface area contributed by atoms with E-state index in [0.29, 0.717) is 64.7 Å². The quantitative estimate of drug-likeness (QED) is 0.166. The highest BCUT2D eigenvalue weighted by Crippen LogP contribution is 2.42. The smallest absolute Gasteiger partial charge is 0.189 e. The van der Waals surface area contributed by atoms with Crippen LogP contribution >= 0.6 is 11.8 Å². The summed E-state index contributed by atoms with van der Waals surface area (Å²) in [6.07, 6.45) is 4.61. The fourth-order valence-corrected chi connectivity index (χ4v) is 6.11. The molecule has 4 heterocycles. The first kappa shape index (κ1) is 26.2. The van der Waals surface area contributed by atoms with Gasteiger partial charge >= 0.3 is 0 Å². The number of fused-ring (bicyclic) bond motifs is 3. The van der Waals surface area contributed by atoms with Crippen LogP contribution in [0.2, 0.25) is 0 Å². The summed E-state index contributed by atoms with van der Waals surface area (Å²) in [7, 11) is 1.53. The zero-order valence-corrected chi connectivity index (χ0v) is 23.0. The van der Waals surface area contributed by atoms with Gasteiger partial charge in [0.15, 0.2) is 17.8 Å². The van der Waals surface area contributed by atoms with Gasteiger partial charge in [-0.15, -0.1) is 0 Å². The van der Waals surface area contributed by atoms with Gasteiger partial charge in [0.25, 0.3) is 0 Å². The van der Waals surface area contributed by atoms with Crippen LogP contribution in [0.15, 0.2) is 29.4 Å². The molecule has 2 aromatic carbocycles. The standard InChI is InChI=1S/C29H30F2N4O3S/c1-4-19-21(30)8-6-16-12-18(38-15-36-2)13-20(23(16)19)26-25(31)27-24-22(32-26)9-7-17-14-37-11-5-10-35(17)28(24)34-29(33-27)39-3/h6,8,12-13,17H,4-5,7,9-11,14-15H2,1-3H3. The summed E-state index contributed by atoms with van der Waals surface area (Å²) in [6.45, 7) is 3.97. The largest absolute Gasteiger partial charge is 0.468 e. The maximum atomic E-state index is 16.7. The molecule has 0 bridgehead atoms. The van der Waals surface area contributed by atoms with Crippen LogP contribution in [-0.2, 0) is 22.3 Å². The summed E-state index contributed by atoms with van der Waals surface area (Å²) < 4.78 is 48.5. The summed E-state index contributed by atoms with van der Waals surface area (Å²) in [6, 6.07) is 6.78. The second-order valence-electron chi connectivity index (χ2n) is 9.79. The Morgan fingerprint density at radius 3 is 2.82 bits per heavy atom. The van der Waals surface area contributed by atoms with E-state index in [1.165, 1.54) is 24.9 Å². The van der Waals surface area contributed by atoms with Gasteiger partial charge in [0.05, 0.1) is 23.7 Å². The first-order chi connectivity index (χ1) is 19.0. The molecular formula is C29H30F2N4O3S. The molecule has 2 aliphatic rings. The third-order valence-corrected chi connectivity index (χ3v) is 8.07. The van der Waals surface area contributed by atoms with Gasteiger partial charge in [-0.25, -0.2) is 23.7 Å². The van der Waals surface area contributed by atoms with Crippen molar-refractivity contribution in [3.8, 4) is 17.0 Å². The lowest BCUT2D eigenvalue weighted by Crippen LogP contribution is -2.37. The Morgan fingerprint density at radius 2 is 2.03 bits per heavy atom. The molecule has 1 fully saturated rings. The van der Waals surface area contributed by atoms with Crippen molar-refractivity contribution in [1.29, 1.82) is 0 Å². The molecule has 4 aromatic rings. The van der Waals surface area contributed by atoms with Gasteiger partial charge in [-0.05, 0) is 66.5 Å². The van der Waals surface area contributed by atoms with Crippen molar-refractivity contribution in [1.82, 2.24) is 15.0 Å². The third-order valence-electron chi connectivity index (χ3n) is 7.52. The number of aryl methyl sites for hydroxylation is 2. The highest BCUT2D eigenvalue weighted by Gasteiger charge is 2.32. The topological polar surface area (TPSA) is 69.6 Å². The fourth-order valence-electron chi connectivity index (χ4n) is 5.75. The van der Waals surface area contributed by atoms with Crippen LogP contribution in [0.3, 0.4) is 0 Å². The Balaban J connectivity index is 1.66. The van der Waals surface area contributed by atoms with Crippen LogP contribution in [0, 0.1) is 11.6 Å². The van der Waals surface area contributed by atoms with Crippen molar-refractivity contribution < 1.29 is 23.0 Å². The summed E-state index contributed by atoms with van der Waals surface area (Å²) in [4.78, 5) is 16.7. The highest BCUT2D eigenvalue weighted by molar-refractivity contribution is 7.98. The Morgan fingerprint density at radius 1 is 1.15 bits per heavy atom. The van der Waals surface area contributed by atoms with Crippen molar-refractivity contribution in [3.05, 3.63) is 47.2 Å². The van der Waals surface area contributed by atoms with Gasteiger partial charge in [0.2, 0.25) is 0 Å². The number of rotatable bonds is 6. The Hall–Kier alpha value is -3.08. The van der Waals surface area contributed by atoms with Gasteiger partial charge in [0.1, 0.15) is 28.6 Å². The summed E-state index contributed by atoms with van der Waals surface area (Å²) in [5.74, 6) is 0.318. The van der Waals surface area contributed by atoms with Gasteiger partial charge < -0.3 is 19.1 Å². The van der Waals surface area contributed by atoms with Gasteiger partial charge in [-0.3, -0.25) is 0 Å². The lowest BCUT2D eigenvalue weighted by Gasteiger charge is -2.29. The number of benzene rings is 2. The molecule has 2 aliphatic heterocycles. The zero-order chi connectivity index (χ0) is 27.1. The number of hydrogen-bond donors (Lipinski definition) is 0. The number of halogens is 2. The van der Waals surface area contributed by atoms with E-state index >= 15 is 8.78 Å². The molecular weight excluding hydrogens is 522 g/mol. The number of thioether (sulfide) groups is 1. The number of hydrogen-bond acceptors (Lipinski definition) is 8. The molecule has 6 rings (SSSR count). The molecule has 0 amide bonds. The molecule has 0 aliphatic carbocycles. The van der Waals surface area contributed by atoms with E-state index in [-0.39, 0.29) is 29.9 Å². The van der Waals surface area contributed by atoms with Crippen molar-refractivity contribution in [2.24, 2.45) is 0 Å². The van der Waals surface area contributed by atoms with Gasteiger partial charge in [-0.1, -0.05) is 24.8 Å². The summed E-state index contributed by atoms with van der Waals surface area (Å²) in [5, 5.41) is 2.50. The van der Waals surface area contributed by atoms with Crippen molar-refractivity contribution >= 4 is 39.3 Å². The van der Waals surface area contributed by atoms with Crippen LogP contribution in [0.25, 0.3) is 32.9 Å². The minimum atomic E-state index is -0.547. The molecule has 0 radical (unpaired) electrons. The van der Waals surface area contributed by atoms with Crippen LogP contribution in [0.4, 0.5) is 14.6 Å². The van der Waals surface area contributed by atoms with E-state index in [0.717, 1.165) is 30.5 Å². The number of pyridine rings is 1. The molecule has 204 valence electrons. The number of nitrogens with zero attached hydrogens (tertiary/aromatic N) is 4. The molecule has 2 aromatic heterocycles. The number of aromatic nitrogens is 3. The summed E-state index contributed by atoms with van der Waals surface area (Å²) >= 11 is 1.38. The molecule has 10 heteroatoms. The summed E-state index contributed by atoms with van der Waals surface area (Å²) in [5.41, 5.74) is 2.09. The second kappa shape index (κ2) is 10.8. The normalized spacial score (nSPS) is 17.3. The van der Waals surface area contributed by atoms with E-state index in [2.05, 4.69) is 9.88 Å². The maximum Gasteiger partial charge on any atom is 0.189 e. The maximum absolute atomic E-state index is 16.7. The van der Waals surface area contributed by atoms with Gasteiger partial charge in [0, 0.05) is 25.8 Å². The third kappa shape index (κ3) is 4.58. The second-order valence-corrected chi connectivity index (χ2v) is 10.6. The molecule has 0 spiro atoms. The highest BCUT2D eigenvalue weighted by atomic mass is 32.2. The lowest BCUT2D eigenvalue weighted by atomic mass is 9.94. The molecule has 1 saturated heterocycles. The monoisotopic (exact) mass is 552 g/mol. The number of ether oxygens (including phenoxy) is 3. The fraction of sp³-hybridized carbons (Fsp3) is 0.414. The van der Waals surface area contributed by atoms with Gasteiger partial charge in [-0.2, -0.15) is 0 Å². The molecule has 7 nitrogen and oxygen atoms in total. The lowest BCUT2D eigenvalue weighted by molar-refractivity contribution is 0.0512. The Kier molecular flexibility index (Phi) is 7.26. The SMILES string of the molecule is CCc1c(F)ccc2cc(OCOC)cc(-c3nc4c5c(nc(SC)nc5c3F)N3CCCOCC3CC4)c12. The number of methoxy groups -OCH3 is 1. The molecule has 0 saturated carbocycles. The molecule has 1 unspecified atom stereocenters. The molecule has 1 atom stereocenters. The minimum Gasteiger partial charge on any atom is -0.468 e. The van der Waals surface area contributed by atoms with Crippen LogP contribution in [-0.4, -0.2) is 60.9 Å². The van der Waals surface area contributed by atoms with E-state index in [1.54, 1.807) is 12.1 Å². The average Bonchev–Trinajstić information content (AvgIpc) is 3.27. The van der Waals surface area contributed by atoms with E-state index < -0.39 is 5.82 Å². The predicted octanol–water partition coefficient (Wildman–Crippen LogP) is 5.93. The van der Waals surface area contributed by atoms with Crippen LogP contribution < -0.4 is 9.64 Å². The average molecular weight is 553 g/mol. The van der Waals surface area contributed by atoms with E-state index in [1.807, 2.05) is 19.2 Å². The molecule has 39 heavy (non-hydrogen) atoms. The minimum absolute atomic E-state index is 0.0264.